The zero-order chi connectivity index (χ0) is 13.7. The van der Waals surface area contributed by atoms with E-state index in [-0.39, 0.29) is 11.7 Å². The van der Waals surface area contributed by atoms with Gasteiger partial charge < -0.3 is 16.3 Å². The molecule has 0 aromatic carbocycles. The van der Waals surface area contributed by atoms with Crippen molar-refractivity contribution in [3.8, 4) is 0 Å². The molecule has 0 aromatic heterocycles. The van der Waals surface area contributed by atoms with E-state index >= 15 is 0 Å². The van der Waals surface area contributed by atoms with E-state index in [0.29, 0.717) is 12.3 Å². The number of rotatable bonds is 4. The quantitative estimate of drug-likeness (QED) is 0.315. The number of carbonyl (C=O) groups excluding carboxylic acids is 1. The molecular formula is C14H25N3O2. The van der Waals surface area contributed by atoms with Gasteiger partial charge in [-0.15, -0.1) is 0 Å². The maximum absolute atomic E-state index is 12.2. The molecule has 19 heavy (non-hydrogen) atoms. The van der Waals surface area contributed by atoms with E-state index in [1.54, 1.807) is 0 Å². The molecule has 0 aromatic rings. The summed E-state index contributed by atoms with van der Waals surface area (Å²) in [7, 11) is 0. The number of nitrogens with two attached hydrogens (primary N) is 1. The predicted molar refractivity (Wildman–Crippen MR) is 73.9 cm³/mol. The Morgan fingerprint density at radius 3 is 2.42 bits per heavy atom. The Morgan fingerprint density at radius 1 is 1.21 bits per heavy atom. The third-order valence-electron chi connectivity index (χ3n) is 4.63. The van der Waals surface area contributed by atoms with Gasteiger partial charge in [0.05, 0.1) is 0 Å². The molecule has 5 nitrogen and oxygen atoms in total. The Bertz CT molecular complexity index is 343. The average molecular weight is 267 g/mol. The zero-order valence-electron chi connectivity index (χ0n) is 11.5. The molecule has 0 unspecified atom stereocenters. The molecule has 2 rings (SSSR count). The Morgan fingerprint density at radius 2 is 1.84 bits per heavy atom. The second-order valence-electron chi connectivity index (χ2n) is 6.03. The van der Waals surface area contributed by atoms with Crippen LogP contribution in [-0.4, -0.2) is 22.5 Å². The second kappa shape index (κ2) is 6.26. The molecule has 4 N–H and O–H groups in total. The molecule has 0 radical (unpaired) electrons. The van der Waals surface area contributed by atoms with Gasteiger partial charge in [0.15, 0.2) is 5.84 Å². The van der Waals surface area contributed by atoms with E-state index in [9.17, 15) is 4.79 Å². The van der Waals surface area contributed by atoms with Crippen molar-refractivity contribution in [2.75, 3.05) is 0 Å². The Balaban J connectivity index is 1.91. The van der Waals surface area contributed by atoms with Crippen molar-refractivity contribution in [1.82, 2.24) is 5.32 Å². The zero-order valence-corrected chi connectivity index (χ0v) is 11.5. The van der Waals surface area contributed by atoms with Gasteiger partial charge in [-0.2, -0.15) is 0 Å². The maximum atomic E-state index is 12.2. The molecule has 2 saturated carbocycles. The minimum Gasteiger partial charge on any atom is -0.409 e. The first kappa shape index (κ1) is 14.2. The van der Waals surface area contributed by atoms with Gasteiger partial charge in [0.25, 0.3) is 0 Å². The number of amidine groups is 1. The molecule has 0 saturated heterocycles. The number of nitrogens with zero attached hydrogens (tertiary/aromatic N) is 1. The van der Waals surface area contributed by atoms with Gasteiger partial charge in [-0.3, -0.25) is 4.79 Å². The van der Waals surface area contributed by atoms with Crippen LogP contribution in [-0.2, 0) is 4.79 Å². The highest BCUT2D eigenvalue weighted by atomic mass is 16.4. The van der Waals surface area contributed by atoms with Crippen LogP contribution in [0.3, 0.4) is 0 Å². The van der Waals surface area contributed by atoms with Crippen molar-refractivity contribution in [3.63, 3.8) is 0 Å². The van der Waals surface area contributed by atoms with Crippen LogP contribution in [0.25, 0.3) is 0 Å². The normalized spacial score (nSPS) is 24.3. The summed E-state index contributed by atoms with van der Waals surface area (Å²) in [4.78, 5) is 12.2. The van der Waals surface area contributed by atoms with Gasteiger partial charge >= 0.3 is 0 Å². The first-order chi connectivity index (χ1) is 9.16. The number of oxime groups is 1. The van der Waals surface area contributed by atoms with E-state index < -0.39 is 5.54 Å². The Hall–Kier alpha value is -1.26. The van der Waals surface area contributed by atoms with Gasteiger partial charge in [-0.05, 0) is 31.6 Å². The molecule has 0 spiro atoms. The minimum atomic E-state index is -0.597. The van der Waals surface area contributed by atoms with Gasteiger partial charge in [0, 0.05) is 6.42 Å². The van der Waals surface area contributed by atoms with Crippen molar-refractivity contribution in [3.05, 3.63) is 0 Å². The second-order valence-corrected chi connectivity index (χ2v) is 6.03. The third kappa shape index (κ3) is 3.39. The van der Waals surface area contributed by atoms with Crippen LogP contribution < -0.4 is 11.1 Å². The van der Waals surface area contributed by atoms with Gasteiger partial charge in [0.2, 0.25) is 5.91 Å². The molecule has 0 heterocycles. The third-order valence-corrected chi connectivity index (χ3v) is 4.63. The minimum absolute atomic E-state index is 0.0559. The Kier molecular flexibility index (Phi) is 4.66. The largest absolute Gasteiger partial charge is 0.409 e. The number of hydrogen-bond donors (Lipinski definition) is 3. The van der Waals surface area contributed by atoms with Crippen molar-refractivity contribution in [1.29, 1.82) is 0 Å². The Labute approximate surface area is 114 Å². The molecule has 108 valence electrons. The van der Waals surface area contributed by atoms with E-state index in [2.05, 4.69) is 10.5 Å². The fraction of sp³-hybridized carbons (Fsp3) is 0.857. The molecular weight excluding hydrogens is 242 g/mol. The SMILES string of the molecule is N/C(=N/O)C1(NC(=O)CC2CCCCC2)CCCC1. The van der Waals surface area contributed by atoms with E-state index in [1.165, 1.54) is 19.3 Å². The number of hydrogen-bond acceptors (Lipinski definition) is 3. The fourth-order valence-electron chi connectivity index (χ4n) is 3.49. The number of amides is 1. The summed E-state index contributed by atoms with van der Waals surface area (Å²) in [6, 6.07) is 0. The van der Waals surface area contributed by atoms with Crippen molar-refractivity contribution in [2.24, 2.45) is 16.8 Å². The molecule has 0 aliphatic heterocycles. The topological polar surface area (TPSA) is 87.7 Å². The summed E-state index contributed by atoms with van der Waals surface area (Å²) in [6.07, 6.45) is 10.3. The van der Waals surface area contributed by atoms with Crippen LogP contribution in [0.1, 0.15) is 64.2 Å². The maximum Gasteiger partial charge on any atom is 0.221 e. The van der Waals surface area contributed by atoms with Crippen LogP contribution >= 0.6 is 0 Å². The van der Waals surface area contributed by atoms with E-state index in [0.717, 1.165) is 38.5 Å². The molecule has 2 aliphatic carbocycles. The molecule has 2 fully saturated rings. The highest BCUT2D eigenvalue weighted by Crippen LogP contribution is 2.31. The monoisotopic (exact) mass is 267 g/mol. The molecule has 2 aliphatic rings. The first-order valence-electron chi connectivity index (χ1n) is 7.45. The molecule has 5 heteroatoms. The van der Waals surface area contributed by atoms with Crippen LogP contribution in [0.4, 0.5) is 0 Å². The number of carbonyl (C=O) groups is 1. The first-order valence-corrected chi connectivity index (χ1v) is 7.45. The summed E-state index contributed by atoms with van der Waals surface area (Å²) in [5, 5.41) is 15.1. The van der Waals surface area contributed by atoms with Crippen molar-refractivity contribution in [2.45, 2.75) is 69.7 Å². The highest BCUT2D eigenvalue weighted by Gasteiger charge is 2.39. The lowest BCUT2D eigenvalue weighted by atomic mass is 9.86. The van der Waals surface area contributed by atoms with Crippen LogP contribution in [0.5, 0.6) is 0 Å². The van der Waals surface area contributed by atoms with Gasteiger partial charge in [-0.1, -0.05) is 37.3 Å². The summed E-state index contributed by atoms with van der Waals surface area (Å²) in [5.74, 6) is 0.724. The highest BCUT2D eigenvalue weighted by molar-refractivity contribution is 5.94. The lowest BCUT2D eigenvalue weighted by Crippen LogP contribution is -2.56. The van der Waals surface area contributed by atoms with Crippen molar-refractivity contribution < 1.29 is 10.0 Å². The molecule has 0 atom stereocenters. The lowest BCUT2D eigenvalue weighted by Gasteiger charge is -2.30. The smallest absolute Gasteiger partial charge is 0.221 e. The predicted octanol–water partition coefficient (Wildman–Crippen LogP) is 2.13. The number of nitrogens with one attached hydrogen (secondary N) is 1. The van der Waals surface area contributed by atoms with Gasteiger partial charge in [0.1, 0.15) is 5.54 Å². The summed E-state index contributed by atoms with van der Waals surface area (Å²) in [5.41, 5.74) is 5.18. The lowest BCUT2D eigenvalue weighted by molar-refractivity contribution is -0.123. The van der Waals surface area contributed by atoms with E-state index in [4.69, 9.17) is 10.9 Å². The van der Waals surface area contributed by atoms with Gasteiger partial charge in [-0.25, -0.2) is 0 Å². The van der Waals surface area contributed by atoms with E-state index in [1.807, 2.05) is 0 Å². The molecule has 1 amide bonds. The fourth-order valence-corrected chi connectivity index (χ4v) is 3.49. The molecule has 0 bridgehead atoms. The summed E-state index contributed by atoms with van der Waals surface area (Å²) < 4.78 is 0. The van der Waals surface area contributed by atoms with Crippen LogP contribution in [0.2, 0.25) is 0 Å². The van der Waals surface area contributed by atoms with Crippen LogP contribution in [0.15, 0.2) is 5.16 Å². The summed E-state index contributed by atoms with van der Waals surface area (Å²) in [6.45, 7) is 0. The van der Waals surface area contributed by atoms with Crippen LogP contribution in [0, 0.1) is 5.92 Å². The van der Waals surface area contributed by atoms with Crippen molar-refractivity contribution >= 4 is 11.7 Å². The summed E-state index contributed by atoms with van der Waals surface area (Å²) >= 11 is 0. The average Bonchev–Trinajstić information content (AvgIpc) is 2.88. The standard InChI is InChI=1S/C14H25N3O2/c15-13(17-19)14(8-4-5-9-14)16-12(18)10-11-6-2-1-3-7-11/h11,19H,1-10H2,(H2,15,17)(H,16,18).